The van der Waals surface area contributed by atoms with Gasteiger partial charge in [-0.1, -0.05) is 84.6 Å². The molecule has 2 aromatic heterocycles. The predicted molar refractivity (Wildman–Crippen MR) is 141 cm³/mol. The Morgan fingerprint density at radius 2 is 1.29 bits per heavy atom. The highest BCUT2D eigenvalue weighted by atomic mass is 32.2. The number of benzene rings is 4. The number of hydrogen-bond acceptors (Lipinski definition) is 5. The zero-order valence-corrected chi connectivity index (χ0v) is 19.0. The number of fused-ring (bicyclic) bond motifs is 2. The lowest BCUT2D eigenvalue weighted by Gasteiger charge is -2.12. The van der Waals surface area contributed by atoms with Crippen molar-refractivity contribution in [1.29, 1.82) is 0 Å². The Hall–Kier alpha value is -4.22. The molecule has 0 spiro atoms. The summed E-state index contributed by atoms with van der Waals surface area (Å²) in [4.78, 5) is 6.82. The number of para-hydroxylation sites is 1. The summed E-state index contributed by atoms with van der Waals surface area (Å²) in [5.41, 5.74) is 3.92. The van der Waals surface area contributed by atoms with Crippen molar-refractivity contribution >= 4 is 44.9 Å². The first-order chi connectivity index (χ1) is 16.8. The Labute approximate surface area is 201 Å². The van der Waals surface area contributed by atoms with Crippen molar-refractivity contribution in [3.05, 3.63) is 115 Å². The van der Waals surface area contributed by atoms with E-state index in [0.29, 0.717) is 0 Å². The number of nitrogens with zero attached hydrogens (tertiary/aromatic N) is 3. The van der Waals surface area contributed by atoms with Gasteiger partial charge in [-0.15, -0.1) is 10.2 Å². The third kappa shape index (κ3) is 3.98. The van der Waals surface area contributed by atoms with Crippen LogP contribution in [-0.4, -0.2) is 15.2 Å². The maximum atomic E-state index is 4.55. The van der Waals surface area contributed by atoms with Gasteiger partial charge < -0.3 is 5.32 Å². The van der Waals surface area contributed by atoms with Crippen molar-refractivity contribution in [1.82, 2.24) is 15.2 Å². The van der Waals surface area contributed by atoms with Gasteiger partial charge in [-0.2, -0.15) is 0 Å². The molecule has 4 nitrogen and oxygen atoms in total. The van der Waals surface area contributed by atoms with Crippen LogP contribution in [-0.2, 0) is 0 Å². The number of aromatic nitrogens is 3. The third-order valence-electron chi connectivity index (χ3n) is 5.69. The maximum absolute atomic E-state index is 4.55. The highest BCUT2D eigenvalue weighted by Crippen LogP contribution is 2.34. The Morgan fingerprint density at radius 1 is 0.588 bits per heavy atom. The molecule has 34 heavy (non-hydrogen) atoms. The first-order valence-corrected chi connectivity index (χ1v) is 11.9. The van der Waals surface area contributed by atoms with E-state index in [1.54, 1.807) is 11.8 Å². The summed E-state index contributed by atoms with van der Waals surface area (Å²) in [6.07, 6.45) is 1.86. The van der Waals surface area contributed by atoms with Gasteiger partial charge in [0.15, 0.2) is 5.82 Å². The van der Waals surface area contributed by atoms with E-state index >= 15 is 0 Å². The molecular formula is C29H20N4S. The summed E-state index contributed by atoms with van der Waals surface area (Å²) in [6.45, 7) is 0. The van der Waals surface area contributed by atoms with E-state index in [-0.39, 0.29) is 0 Å². The molecular weight excluding hydrogens is 436 g/mol. The van der Waals surface area contributed by atoms with E-state index in [4.69, 9.17) is 0 Å². The van der Waals surface area contributed by atoms with Gasteiger partial charge in [0.25, 0.3) is 0 Å². The van der Waals surface area contributed by atoms with Crippen molar-refractivity contribution in [3.8, 4) is 11.3 Å². The Bertz CT molecular complexity index is 1590. The smallest absolute Gasteiger partial charge is 0.161 e. The van der Waals surface area contributed by atoms with E-state index in [1.165, 1.54) is 4.90 Å². The van der Waals surface area contributed by atoms with Gasteiger partial charge in [-0.3, -0.25) is 4.98 Å². The summed E-state index contributed by atoms with van der Waals surface area (Å²) < 4.78 is 0. The molecule has 6 rings (SSSR count). The molecule has 1 N–H and O–H groups in total. The van der Waals surface area contributed by atoms with Gasteiger partial charge >= 0.3 is 0 Å². The molecule has 6 aromatic rings. The fourth-order valence-corrected chi connectivity index (χ4v) is 4.97. The summed E-state index contributed by atoms with van der Waals surface area (Å²) in [7, 11) is 0. The van der Waals surface area contributed by atoms with Crippen molar-refractivity contribution in [2.45, 2.75) is 9.79 Å². The van der Waals surface area contributed by atoms with Crippen LogP contribution in [0.25, 0.3) is 32.9 Å². The topological polar surface area (TPSA) is 50.7 Å². The molecule has 0 atom stereocenters. The quantitative estimate of drug-likeness (QED) is 0.287. The average molecular weight is 457 g/mol. The Balaban J connectivity index is 1.28. The van der Waals surface area contributed by atoms with Gasteiger partial charge in [-0.05, 0) is 36.4 Å². The summed E-state index contributed by atoms with van der Waals surface area (Å²) in [6, 6.07) is 37.1. The summed E-state index contributed by atoms with van der Waals surface area (Å²) in [5, 5.41) is 15.8. The molecule has 0 unspecified atom stereocenters. The van der Waals surface area contributed by atoms with Crippen molar-refractivity contribution < 1.29 is 0 Å². The van der Waals surface area contributed by atoms with E-state index in [1.807, 2.05) is 48.7 Å². The van der Waals surface area contributed by atoms with E-state index in [0.717, 1.165) is 49.3 Å². The molecule has 0 bridgehead atoms. The molecule has 0 radical (unpaired) electrons. The fraction of sp³-hybridized carbons (Fsp3) is 0. The second-order valence-corrected chi connectivity index (χ2v) is 9.00. The largest absolute Gasteiger partial charge is 0.338 e. The van der Waals surface area contributed by atoms with Gasteiger partial charge in [-0.25, -0.2) is 0 Å². The van der Waals surface area contributed by atoms with E-state index in [9.17, 15) is 0 Å². The fourth-order valence-electron chi connectivity index (χ4n) is 4.03. The average Bonchev–Trinajstić information content (AvgIpc) is 2.91. The zero-order chi connectivity index (χ0) is 22.7. The molecule has 0 fully saturated rings. The SMILES string of the molecule is c1ccc(-c2nnc(Nc3ccc(Sc4ccnc5ccccc45)cc3)c3ccccc23)cc1. The minimum absolute atomic E-state index is 0.746. The molecule has 0 saturated carbocycles. The van der Waals surface area contributed by atoms with Crippen molar-refractivity contribution in [3.63, 3.8) is 0 Å². The lowest BCUT2D eigenvalue weighted by atomic mass is 10.0. The van der Waals surface area contributed by atoms with Crippen LogP contribution in [0.2, 0.25) is 0 Å². The van der Waals surface area contributed by atoms with Gasteiger partial charge in [0.2, 0.25) is 0 Å². The lowest BCUT2D eigenvalue weighted by Crippen LogP contribution is -1.99. The molecule has 0 amide bonds. The molecule has 2 heterocycles. The Morgan fingerprint density at radius 3 is 2.12 bits per heavy atom. The molecule has 162 valence electrons. The van der Waals surface area contributed by atoms with Crippen LogP contribution in [0.15, 0.2) is 125 Å². The number of pyridine rings is 1. The lowest BCUT2D eigenvalue weighted by molar-refractivity contribution is 1.06. The number of nitrogens with one attached hydrogen (secondary N) is 1. The highest BCUT2D eigenvalue weighted by molar-refractivity contribution is 7.99. The second kappa shape index (κ2) is 8.96. The van der Waals surface area contributed by atoms with Crippen molar-refractivity contribution in [2.75, 3.05) is 5.32 Å². The first-order valence-electron chi connectivity index (χ1n) is 11.0. The number of rotatable bonds is 5. The van der Waals surface area contributed by atoms with Crippen LogP contribution in [0.4, 0.5) is 11.5 Å². The normalized spacial score (nSPS) is 11.1. The zero-order valence-electron chi connectivity index (χ0n) is 18.2. The van der Waals surface area contributed by atoms with Gasteiger partial charge in [0.1, 0.15) is 5.69 Å². The molecule has 0 saturated heterocycles. The minimum Gasteiger partial charge on any atom is -0.338 e. The molecule has 5 heteroatoms. The minimum atomic E-state index is 0.746. The molecule has 4 aromatic carbocycles. The standard InChI is InChI=1S/C29H20N4S/c1-2-8-20(9-3-1)28-23-10-4-5-11-24(23)29(33-32-28)31-21-14-16-22(17-15-21)34-27-18-19-30-26-13-7-6-12-25(26)27/h1-19H,(H,31,33). The third-order valence-corrected chi connectivity index (χ3v) is 6.77. The monoisotopic (exact) mass is 456 g/mol. The maximum Gasteiger partial charge on any atom is 0.161 e. The molecule has 0 aliphatic carbocycles. The van der Waals surface area contributed by atoms with Crippen LogP contribution in [0, 0.1) is 0 Å². The molecule has 0 aliphatic heterocycles. The van der Waals surface area contributed by atoms with Gasteiger partial charge in [0, 0.05) is 43.4 Å². The second-order valence-electron chi connectivity index (χ2n) is 7.89. The van der Waals surface area contributed by atoms with E-state index < -0.39 is 0 Å². The highest BCUT2D eigenvalue weighted by Gasteiger charge is 2.11. The molecule has 0 aliphatic rings. The number of anilines is 2. The Kier molecular flexibility index (Phi) is 5.38. The van der Waals surface area contributed by atoms with E-state index in [2.05, 4.69) is 87.2 Å². The van der Waals surface area contributed by atoms with Crippen LogP contribution < -0.4 is 5.32 Å². The first kappa shape index (κ1) is 20.4. The summed E-state index contributed by atoms with van der Waals surface area (Å²) in [5.74, 6) is 0.746. The van der Waals surface area contributed by atoms with Crippen LogP contribution in [0.5, 0.6) is 0 Å². The van der Waals surface area contributed by atoms with Crippen LogP contribution in [0.1, 0.15) is 0 Å². The summed E-state index contributed by atoms with van der Waals surface area (Å²) >= 11 is 1.74. The van der Waals surface area contributed by atoms with Crippen molar-refractivity contribution in [2.24, 2.45) is 0 Å². The predicted octanol–water partition coefficient (Wildman–Crippen LogP) is 7.74. The van der Waals surface area contributed by atoms with Crippen LogP contribution >= 0.6 is 11.8 Å². The van der Waals surface area contributed by atoms with Gasteiger partial charge in [0.05, 0.1) is 5.52 Å². The van der Waals surface area contributed by atoms with Crippen LogP contribution in [0.3, 0.4) is 0 Å². The number of hydrogen-bond donors (Lipinski definition) is 1.